The van der Waals surface area contributed by atoms with Crippen LogP contribution in [-0.4, -0.2) is 59.7 Å². The van der Waals surface area contributed by atoms with Crippen LogP contribution in [0.2, 0.25) is 5.15 Å². The van der Waals surface area contributed by atoms with Crippen LogP contribution in [0.25, 0.3) is 5.70 Å². The van der Waals surface area contributed by atoms with E-state index < -0.39 is 5.97 Å². The van der Waals surface area contributed by atoms with Crippen LogP contribution in [0.4, 0.5) is 0 Å². The van der Waals surface area contributed by atoms with Gasteiger partial charge in [0.2, 0.25) is 0 Å². The zero-order valence-corrected chi connectivity index (χ0v) is 19.1. The van der Waals surface area contributed by atoms with Crippen LogP contribution in [0, 0.1) is 5.41 Å². The number of halogens is 1. The van der Waals surface area contributed by atoms with Crippen LogP contribution in [-0.2, 0) is 14.3 Å². The molecule has 0 bridgehead atoms. The summed E-state index contributed by atoms with van der Waals surface area (Å²) in [6.07, 6.45) is 4.52. The number of allylic oxidation sites excluding steroid dienone is 1. The van der Waals surface area contributed by atoms with E-state index in [-0.39, 0.29) is 34.7 Å². The second-order valence-corrected chi connectivity index (χ2v) is 9.34. The van der Waals surface area contributed by atoms with Gasteiger partial charge >= 0.3 is 5.97 Å². The number of fused-ring (bicyclic) bond motifs is 5. The average Bonchev–Trinajstić information content (AvgIpc) is 2.97. The van der Waals surface area contributed by atoms with Gasteiger partial charge in [0.05, 0.1) is 23.9 Å². The molecule has 4 rings (SSSR count). The van der Waals surface area contributed by atoms with Gasteiger partial charge in [-0.2, -0.15) is 0 Å². The molecule has 172 valence electrons. The quantitative estimate of drug-likeness (QED) is 0.372. The Hall–Kier alpha value is -2.58. The fraction of sp³-hybridized carbons (Fsp3) is 0.522. The Kier molecular flexibility index (Phi) is 6.18. The van der Waals surface area contributed by atoms with Crippen molar-refractivity contribution in [3.63, 3.8) is 0 Å². The lowest BCUT2D eigenvalue weighted by molar-refractivity contribution is -0.132. The minimum atomic E-state index is -1.05. The third-order valence-electron chi connectivity index (χ3n) is 6.34. The number of carboxylic acids is 1. The molecule has 2 atom stereocenters. The first-order valence-electron chi connectivity index (χ1n) is 10.7. The third-order valence-corrected chi connectivity index (χ3v) is 6.61. The molecule has 32 heavy (non-hydrogen) atoms. The lowest BCUT2D eigenvalue weighted by Crippen LogP contribution is -2.46. The molecular weight excluding hydrogens is 436 g/mol. The highest BCUT2D eigenvalue weighted by atomic mass is 35.5. The summed E-state index contributed by atoms with van der Waals surface area (Å²) >= 11 is 6.44. The number of rotatable bonds is 7. The van der Waals surface area contributed by atoms with Crippen molar-refractivity contribution in [3.05, 3.63) is 34.3 Å². The monoisotopic (exact) mass is 462 g/mol. The van der Waals surface area contributed by atoms with Crippen molar-refractivity contribution in [1.29, 1.82) is 0 Å². The Morgan fingerprint density at radius 2 is 2.22 bits per heavy atom. The summed E-state index contributed by atoms with van der Waals surface area (Å²) in [4.78, 5) is 30.3. The van der Waals surface area contributed by atoms with Gasteiger partial charge in [0.1, 0.15) is 18.1 Å². The SMILES string of the molecule is COCCCOc1cc2c(nc1Cl)C1=C(C=O)CC(C(=O)O)=CN1C1C(CCC1(C)C)O2. The molecule has 3 heterocycles. The van der Waals surface area contributed by atoms with Crippen LogP contribution < -0.4 is 9.47 Å². The molecule has 9 heteroatoms. The largest absolute Gasteiger partial charge is 0.490 e. The fourth-order valence-corrected chi connectivity index (χ4v) is 5.02. The standard InChI is InChI=1S/C23H27ClN2O6/c1-23(2)6-5-15-20(23)26-11-13(22(28)29)9-14(12-27)19(26)18-16(32-15)10-17(21(24)25-18)31-8-4-7-30-3/h10-12,15,20H,4-9H2,1-3H3,(H,28,29). The second-order valence-electron chi connectivity index (χ2n) is 8.98. The van der Waals surface area contributed by atoms with E-state index in [1.807, 2.05) is 4.90 Å². The van der Waals surface area contributed by atoms with E-state index >= 15 is 0 Å². The highest BCUT2D eigenvalue weighted by Crippen LogP contribution is 2.51. The highest BCUT2D eigenvalue weighted by Gasteiger charge is 2.51. The van der Waals surface area contributed by atoms with Crippen LogP contribution in [0.3, 0.4) is 0 Å². The molecule has 8 nitrogen and oxygen atoms in total. The van der Waals surface area contributed by atoms with Crippen molar-refractivity contribution >= 4 is 29.6 Å². The maximum atomic E-state index is 12.1. The van der Waals surface area contributed by atoms with Crippen LogP contribution >= 0.6 is 11.6 Å². The summed E-state index contributed by atoms with van der Waals surface area (Å²) in [7, 11) is 1.63. The number of aromatic nitrogens is 1. The lowest BCUT2D eigenvalue weighted by Gasteiger charge is -2.40. The summed E-state index contributed by atoms with van der Waals surface area (Å²) in [5, 5.41) is 9.81. The molecular formula is C23H27ClN2O6. The van der Waals surface area contributed by atoms with Gasteiger partial charge in [-0.25, -0.2) is 9.78 Å². The Bertz CT molecular complexity index is 1000. The molecule has 1 N–H and O–H groups in total. The zero-order chi connectivity index (χ0) is 23.0. The Morgan fingerprint density at radius 3 is 2.91 bits per heavy atom. The average molecular weight is 463 g/mol. The molecule has 2 aliphatic heterocycles. The van der Waals surface area contributed by atoms with E-state index in [0.717, 1.165) is 12.8 Å². The van der Waals surface area contributed by atoms with Crippen molar-refractivity contribution in [1.82, 2.24) is 9.88 Å². The number of hydrogen-bond donors (Lipinski definition) is 1. The Morgan fingerprint density at radius 1 is 1.44 bits per heavy atom. The number of carboxylic acid groups (broad SMARTS) is 1. The van der Waals surface area contributed by atoms with Gasteiger partial charge in [0.15, 0.2) is 16.7 Å². The van der Waals surface area contributed by atoms with Gasteiger partial charge in [-0.3, -0.25) is 4.79 Å². The van der Waals surface area contributed by atoms with Crippen LogP contribution in [0.1, 0.15) is 45.2 Å². The predicted molar refractivity (Wildman–Crippen MR) is 118 cm³/mol. The lowest BCUT2D eigenvalue weighted by atomic mass is 9.84. The Balaban J connectivity index is 1.83. The minimum absolute atomic E-state index is 0.0104. The molecule has 1 fully saturated rings. The van der Waals surface area contributed by atoms with Gasteiger partial charge in [-0.1, -0.05) is 25.4 Å². The molecule has 0 spiro atoms. The number of aldehydes is 1. The van der Waals surface area contributed by atoms with Crippen molar-refractivity contribution < 1.29 is 28.9 Å². The number of hydrogen-bond acceptors (Lipinski definition) is 7. The van der Waals surface area contributed by atoms with Crippen molar-refractivity contribution in [2.45, 2.75) is 51.7 Å². The first-order valence-corrected chi connectivity index (χ1v) is 11.0. The number of carbonyl (C=O) groups excluding carboxylic acids is 1. The molecule has 2 unspecified atom stereocenters. The van der Waals surface area contributed by atoms with Crippen molar-refractivity contribution in [3.8, 4) is 11.5 Å². The zero-order valence-electron chi connectivity index (χ0n) is 18.4. The van der Waals surface area contributed by atoms with E-state index in [4.69, 9.17) is 25.8 Å². The summed E-state index contributed by atoms with van der Waals surface area (Å²) in [5.41, 5.74) is 1.30. The van der Waals surface area contributed by atoms with Gasteiger partial charge in [-0.15, -0.1) is 0 Å². The minimum Gasteiger partial charge on any atom is -0.490 e. The van der Waals surface area contributed by atoms with Crippen molar-refractivity contribution in [2.24, 2.45) is 5.41 Å². The topological polar surface area (TPSA) is 98.2 Å². The molecule has 0 saturated heterocycles. The number of ether oxygens (including phenoxy) is 3. The summed E-state index contributed by atoms with van der Waals surface area (Å²) < 4.78 is 17.3. The maximum absolute atomic E-state index is 12.1. The van der Waals surface area contributed by atoms with E-state index in [0.29, 0.717) is 54.4 Å². The van der Waals surface area contributed by atoms with E-state index in [1.54, 1.807) is 19.4 Å². The first kappa shape index (κ1) is 22.6. The van der Waals surface area contributed by atoms with Crippen LogP contribution in [0.15, 0.2) is 23.4 Å². The predicted octanol–water partition coefficient (Wildman–Crippen LogP) is 3.68. The second kappa shape index (κ2) is 8.75. The van der Waals surface area contributed by atoms with Gasteiger partial charge < -0.3 is 24.2 Å². The summed E-state index contributed by atoms with van der Waals surface area (Å²) in [6.45, 7) is 5.23. The highest BCUT2D eigenvalue weighted by molar-refractivity contribution is 6.31. The number of carbonyl (C=O) groups is 2. The smallest absolute Gasteiger partial charge is 0.333 e. The van der Waals surface area contributed by atoms with E-state index in [1.165, 1.54) is 0 Å². The van der Waals surface area contributed by atoms with Crippen LogP contribution in [0.5, 0.6) is 11.5 Å². The van der Waals surface area contributed by atoms with E-state index in [2.05, 4.69) is 18.8 Å². The third kappa shape index (κ3) is 3.97. The number of pyridine rings is 1. The molecule has 0 amide bonds. The normalized spacial score (nSPS) is 23.4. The first-order chi connectivity index (χ1) is 15.3. The van der Waals surface area contributed by atoms with Gasteiger partial charge in [0, 0.05) is 44.4 Å². The molecule has 1 saturated carbocycles. The van der Waals surface area contributed by atoms with Gasteiger partial charge in [-0.05, 0) is 18.3 Å². The fourth-order valence-electron chi connectivity index (χ4n) is 4.82. The number of aliphatic carboxylic acids is 1. The molecule has 0 radical (unpaired) electrons. The summed E-state index contributed by atoms with van der Waals surface area (Å²) in [6, 6.07) is 1.55. The summed E-state index contributed by atoms with van der Waals surface area (Å²) in [5.74, 6) is -0.172. The van der Waals surface area contributed by atoms with Gasteiger partial charge in [0.25, 0.3) is 0 Å². The molecule has 1 aromatic rings. The Labute approximate surface area is 191 Å². The molecule has 1 aliphatic carbocycles. The maximum Gasteiger partial charge on any atom is 0.333 e. The molecule has 0 aromatic carbocycles. The van der Waals surface area contributed by atoms with E-state index in [9.17, 15) is 14.7 Å². The molecule has 1 aromatic heterocycles. The molecule has 3 aliphatic rings. The van der Waals surface area contributed by atoms with Crippen molar-refractivity contribution in [2.75, 3.05) is 20.3 Å². The number of nitrogens with zero attached hydrogens (tertiary/aromatic N) is 2. The number of methoxy groups -OCH3 is 1.